The molecule has 3 atom stereocenters. The first-order valence-corrected chi connectivity index (χ1v) is 8.87. The normalized spacial score (nSPS) is 29.4. The van der Waals surface area contributed by atoms with Gasteiger partial charge in [0.1, 0.15) is 0 Å². The molecule has 2 nitrogen and oxygen atoms in total. The SMILES string of the molecule is Nc1ccc2nc(SCC3CC4CCC3C4)sc2c1. The van der Waals surface area contributed by atoms with Gasteiger partial charge in [0.25, 0.3) is 0 Å². The maximum absolute atomic E-state index is 5.82. The second-order valence-corrected chi connectivity index (χ2v) is 8.25. The van der Waals surface area contributed by atoms with E-state index >= 15 is 0 Å². The Balaban J connectivity index is 1.46. The van der Waals surface area contributed by atoms with Crippen molar-refractivity contribution in [1.29, 1.82) is 0 Å². The number of thiazole rings is 1. The molecule has 2 N–H and O–H groups in total. The summed E-state index contributed by atoms with van der Waals surface area (Å²) in [5.74, 6) is 4.27. The molecular formula is C15H18N2S2. The van der Waals surface area contributed by atoms with Crippen molar-refractivity contribution in [2.24, 2.45) is 17.8 Å². The van der Waals surface area contributed by atoms with Crippen molar-refractivity contribution in [3.63, 3.8) is 0 Å². The Morgan fingerprint density at radius 3 is 3.05 bits per heavy atom. The van der Waals surface area contributed by atoms with E-state index in [-0.39, 0.29) is 0 Å². The number of aromatic nitrogens is 1. The molecule has 0 saturated heterocycles. The highest BCUT2D eigenvalue weighted by atomic mass is 32.2. The average Bonchev–Trinajstić information content (AvgIpc) is 3.09. The smallest absolute Gasteiger partial charge is 0.151 e. The zero-order valence-electron chi connectivity index (χ0n) is 10.8. The fourth-order valence-corrected chi connectivity index (χ4v) is 6.12. The van der Waals surface area contributed by atoms with Gasteiger partial charge in [-0.15, -0.1) is 11.3 Å². The summed E-state index contributed by atoms with van der Waals surface area (Å²) < 4.78 is 2.43. The second kappa shape index (κ2) is 4.67. The number of fused-ring (bicyclic) bond motifs is 3. The van der Waals surface area contributed by atoms with Gasteiger partial charge in [-0.05, 0) is 55.2 Å². The Bertz CT molecular complexity index is 607. The van der Waals surface area contributed by atoms with Crippen molar-refractivity contribution in [1.82, 2.24) is 4.98 Å². The average molecular weight is 290 g/mol. The lowest BCUT2D eigenvalue weighted by atomic mass is 9.90. The van der Waals surface area contributed by atoms with E-state index in [4.69, 9.17) is 10.7 Å². The molecule has 0 radical (unpaired) electrons. The van der Waals surface area contributed by atoms with Crippen LogP contribution in [0.3, 0.4) is 0 Å². The van der Waals surface area contributed by atoms with Crippen LogP contribution in [0.15, 0.2) is 22.5 Å². The molecule has 2 saturated carbocycles. The Morgan fingerprint density at radius 2 is 2.26 bits per heavy atom. The highest BCUT2D eigenvalue weighted by Crippen LogP contribution is 2.50. The topological polar surface area (TPSA) is 38.9 Å². The van der Waals surface area contributed by atoms with E-state index in [0.29, 0.717) is 0 Å². The predicted octanol–water partition coefficient (Wildman–Crippen LogP) is 4.41. The van der Waals surface area contributed by atoms with Crippen molar-refractivity contribution in [3.05, 3.63) is 18.2 Å². The van der Waals surface area contributed by atoms with E-state index in [1.54, 1.807) is 11.3 Å². The van der Waals surface area contributed by atoms with Gasteiger partial charge in [-0.3, -0.25) is 0 Å². The molecule has 19 heavy (non-hydrogen) atoms. The van der Waals surface area contributed by atoms with Gasteiger partial charge in [-0.2, -0.15) is 0 Å². The van der Waals surface area contributed by atoms with Crippen LogP contribution in [0.4, 0.5) is 5.69 Å². The van der Waals surface area contributed by atoms with Gasteiger partial charge in [0.05, 0.1) is 10.2 Å². The van der Waals surface area contributed by atoms with Gasteiger partial charge in [0.15, 0.2) is 4.34 Å². The monoisotopic (exact) mass is 290 g/mol. The maximum Gasteiger partial charge on any atom is 0.151 e. The summed E-state index contributed by atoms with van der Waals surface area (Å²) in [6.07, 6.45) is 5.94. The van der Waals surface area contributed by atoms with Gasteiger partial charge in [0.2, 0.25) is 0 Å². The highest BCUT2D eigenvalue weighted by molar-refractivity contribution is 8.01. The van der Waals surface area contributed by atoms with Crippen LogP contribution in [0.2, 0.25) is 0 Å². The summed E-state index contributed by atoms with van der Waals surface area (Å²) in [7, 11) is 0. The van der Waals surface area contributed by atoms with Crippen LogP contribution in [-0.4, -0.2) is 10.7 Å². The van der Waals surface area contributed by atoms with E-state index < -0.39 is 0 Å². The third-order valence-electron chi connectivity index (χ3n) is 4.70. The van der Waals surface area contributed by atoms with Crippen LogP contribution in [-0.2, 0) is 0 Å². The minimum atomic E-state index is 0.834. The number of nitrogens with zero attached hydrogens (tertiary/aromatic N) is 1. The van der Waals surface area contributed by atoms with Gasteiger partial charge in [-0.25, -0.2) is 4.98 Å². The molecule has 2 aliphatic carbocycles. The number of nitrogens with two attached hydrogens (primary N) is 1. The summed E-state index contributed by atoms with van der Waals surface area (Å²) in [5, 5.41) is 0. The van der Waals surface area contributed by atoms with E-state index in [2.05, 4.69) is 0 Å². The number of nitrogen functional groups attached to an aromatic ring is 1. The molecule has 0 aliphatic heterocycles. The largest absolute Gasteiger partial charge is 0.399 e. The summed E-state index contributed by atoms with van der Waals surface area (Å²) >= 11 is 3.74. The number of anilines is 1. The van der Waals surface area contributed by atoms with Gasteiger partial charge in [-0.1, -0.05) is 18.2 Å². The van der Waals surface area contributed by atoms with Crippen molar-refractivity contribution in [2.45, 2.75) is 30.0 Å². The molecule has 0 spiro atoms. The standard InChI is InChI=1S/C15H18N2S2/c16-12-3-4-13-14(7-12)19-15(17-13)18-8-11-6-9-1-2-10(11)5-9/h3-4,7,9-11H,1-2,5-6,8,16H2. The molecule has 1 heterocycles. The lowest BCUT2D eigenvalue weighted by Gasteiger charge is -2.20. The van der Waals surface area contributed by atoms with Crippen LogP contribution in [0.5, 0.6) is 0 Å². The van der Waals surface area contributed by atoms with Crippen molar-refractivity contribution < 1.29 is 0 Å². The van der Waals surface area contributed by atoms with Gasteiger partial charge in [0, 0.05) is 11.4 Å². The van der Waals surface area contributed by atoms with E-state index in [1.165, 1.54) is 40.5 Å². The molecule has 100 valence electrons. The molecule has 2 fully saturated rings. The molecule has 4 heteroatoms. The molecule has 2 bridgehead atoms. The molecule has 4 rings (SSSR count). The summed E-state index contributed by atoms with van der Waals surface area (Å²) in [4.78, 5) is 4.70. The van der Waals surface area contributed by atoms with E-state index in [9.17, 15) is 0 Å². The van der Waals surface area contributed by atoms with E-state index in [0.717, 1.165) is 29.0 Å². The third kappa shape index (κ3) is 2.25. The fraction of sp³-hybridized carbons (Fsp3) is 0.533. The molecule has 3 unspecified atom stereocenters. The van der Waals surface area contributed by atoms with Crippen molar-refractivity contribution in [3.8, 4) is 0 Å². The lowest BCUT2D eigenvalue weighted by Crippen LogP contribution is -2.12. The number of rotatable bonds is 3. The third-order valence-corrected chi connectivity index (χ3v) is 7.05. The Labute approximate surface area is 121 Å². The molecule has 0 amide bonds. The molecular weight excluding hydrogens is 272 g/mol. The molecule has 2 aliphatic rings. The first kappa shape index (κ1) is 12.0. The summed E-state index contributed by atoms with van der Waals surface area (Å²) in [5.41, 5.74) is 7.75. The molecule has 1 aromatic heterocycles. The molecule has 2 aromatic rings. The summed E-state index contributed by atoms with van der Waals surface area (Å²) in [6.45, 7) is 0. The first-order valence-electron chi connectivity index (χ1n) is 7.07. The number of benzene rings is 1. The predicted molar refractivity (Wildman–Crippen MR) is 83.7 cm³/mol. The van der Waals surface area contributed by atoms with Gasteiger partial charge < -0.3 is 5.73 Å². The van der Waals surface area contributed by atoms with Crippen LogP contribution in [0.1, 0.15) is 25.7 Å². The lowest BCUT2D eigenvalue weighted by molar-refractivity contribution is 0.365. The van der Waals surface area contributed by atoms with Crippen molar-refractivity contribution >= 4 is 39.0 Å². The maximum atomic E-state index is 5.82. The zero-order chi connectivity index (χ0) is 12.8. The van der Waals surface area contributed by atoms with Crippen LogP contribution in [0.25, 0.3) is 10.2 Å². The minimum Gasteiger partial charge on any atom is -0.399 e. The van der Waals surface area contributed by atoms with Crippen LogP contribution in [0, 0.1) is 17.8 Å². The Kier molecular flexibility index (Phi) is 2.96. The second-order valence-electron chi connectivity index (χ2n) is 5.95. The van der Waals surface area contributed by atoms with E-state index in [1.807, 2.05) is 30.0 Å². The Morgan fingerprint density at radius 1 is 1.32 bits per heavy atom. The number of hydrogen-bond acceptors (Lipinski definition) is 4. The molecule has 1 aromatic carbocycles. The Hall–Kier alpha value is -0.740. The first-order chi connectivity index (χ1) is 9.28. The zero-order valence-corrected chi connectivity index (χ0v) is 12.5. The quantitative estimate of drug-likeness (QED) is 0.672. The minimum absolute atomic E-state index is 0.834. The van der Waals surface area contributed by atoms with Crippen LogP contribution >= 0.6 is 23.1 Å². The van der Waals surface area contributed by atoms with Crippen LogP contribution < -0.4 is 5.73 Å². The highest BCUT2D eigenvalue weighted by Gasteiger charge is 2.39. The number of thioether (sulfide) groups is 1. The van der Waals surface area contributed by atoms with Gasteiger partial charge >= 0.3 is 0 Å². The fourth-order valence-electron chi connectivity index (χ4n) is 3.74. The summed E-state index contributed by atoms with van der Waals surface area (Å²) in [6, 6.07) is 6.00. The number of hydrogen-bond donors (Lipinski definition) is 1. The van der Waals surface area contributed by atoms with Crippen molar-refractivity contribution in [2.75, 3.05) is 11.5 Å².